The highest BCUT2D eigenvalue weighted by Gasteiger charge is 2.55. The summed E-state index contributed by atoms with van der Waals surface area (Å²) < 4.78 is 18.1. The SMILES string of the molecule is CCO[C@]1(O)C[C@H](n2cc([N+](=O)[O-])nc2C)[C@H]2CO[C@@H]1O2. The summed E-state index contributed by atoms with van der Waals surface area (Å²) in [6, 6.07) is -0.332. The van der Waals surface area contributed by atoms with Gasteiger partial charge >= 0.3 is 5.82 Å². The molecule has 0 unspecified atom stereocenters. The minimum absolute atomic E-state index is 0.227. The molecular formula is C12H17N3O6. The van der Waals surface area contributed by atoms with Gasteiger partial charge in [0.05, 0.1) is 12.6 Å². The summed E-state index contributed by atoms with van der Waals surface area (Å²) in [4.78, 5) is 14.2. The third-order valence-electron chi connectivity index (χ3n) is 3.85. The lowest BCUT2D eigenvalue weighted by Gasteiger charge is -2.39. The van der Waals surface area contributed by atoms with Crippen LogP contribution in [-0.4, -0.2) is 51.0 Å². The van der Waals surface area contributed by atoms with Crippen LogP contribution in [0, 0.1) is 17.0 Å². The van der Waals surface area contributed by atoms with Gasteiger partial charge in [-0.15, -0.1) is 0 Å². The lowest BCUT2D eigenvalue weighted by Crippen LogP contribution is -2.52. The normalized spacial score (nSPS) is 35.1. The van der Waals surface area contributed by atoms with Gasteiger partial charge in [0.25, 0.3) is 0 Å². The highest BCUT2D eigenvalue weighted by molar-refractivity contribution is 5.18. The first-order valence-corrected chi connectivity index (χ1v) is 6.78. The summed E-state index contributed by atoms with van der Waals surface area (Å²) in [5.41, 5.74) is 0. The van der Waals surface area contributed by atoms with Crippen molar-refractivity contribution in [2.24, 2.45) is 0 Å². The van der Waals surface area contributed by atoms with Gasteiger partial charge in [0.2, 0.25) is 17.9 Å². The van der Waals surface area contributed by atoms with Crippen LogP contribution in [0.4, 0.5) is 5.82 Å². The second kappa shape index (κ2) is 5.02. The molecule has 3 rings (SSSR count). The number of fused-ring (bicyclic) bond motifs is 2. The Bertz CT molecular complexity index is 561. The molecule has 2 fully saturated rings. The molecular weight excluding hydrogens is 282 g/mol. The standard InChI is InChI=1S/C12H17N3O6/c1-3-20-12(16)4-8(9-6-19-11(12)21-9)14-5-10(15(17)18)13-7(14)2/h5,8-9,11,16H,3-4,6H2,1-2H3/t8-,9+,11+,12+/m0/s1. The van der Waals surface area contributed by atoms with Gasteiger partial charge in [0.1, 0.15) is 12.3 Å². The van der Waals surface area contributed by atoms with E-state index < -0.39 is 17.0 Å². The van der Waals surface area contributed by atoms with Crippen molar-refractivity contribution < 1.29 is 24.2 Å². The maximum Gasteiger partial charge on any atom is 0.381 e. The minimum Gasteiger partial charge on any atom is -0.361 e. The van der Waals surface area contributed by atoms with Crippen LogP contribution >= 0.6 is 0 Å². The number of imidazole rings is 1. The summed E-state index contributed by atoms with van der Waals surface area (Å²) in [6.45, 7) is 4.05. The van der Waals surface area contributed by atoms with E-state index in [0.717, 1.165) is 0 Å². The van der Waals surface area contributed by atoms with E-state index in [1.807, 2.05) is 0 Å². The first-order chi connectivity index (χ1) is 9.94. The van der Waals surface area contributed by atoms with Crippen LogP contribution in [0.25, 0.3) is 0 Å². The molecule has 2 aliphatic heterocycles. The molecule has 4 atom stereocenters. The van der Waals surface area contributed by atoms with Crippen molar-refractivity contribution in [2.45, 2.75) is 44.5 Å². The van der Waals surface area contributed by atoms with E-state index in [0.29, 0.717) is 19.0 Å². The summed E-state index contributed by atoms with van der Waals surface area (Å²) in [5.74, 6) is -1.30. The molecule has 2 saturated heterocycles. The van der Waals surface area contributed by atoms with E-state index in [2.05, 4.69) is 4.98 Å². The van der Waals surface area contributed by atoms with E-state index in [9.17, 15) is 15.2 Å². The molecule has 1 aromatic rings. The monoisotopic (exact) mass is 299 g/mol. The molecule has 3 heterocycles. The van der Waals surface area contributed by atoms with Crippen molar-refractivity contribution in [3.8, 4) is 0 Å². The van der Waals surface area contributed by atoms with E-state index >= 15 is 0 Å². The summed E-state index contributed by atoms with van der Waals surface area (Å²) >= 11 is 0. The fraction of sp³-hybridized carbons (Fsp3) is 0.750. The maximum atomic E-state index is 10.8. The van der Waals surface area contributed by atoms with Gasteiger partial charge in [-0.25, -0.2) is 0 Å². The Labute approximate surface area is 120 Å². The van der Waals surface area contributed by atoms with Gasteiger partial charge < -0.3 is 34.0 Å². The first kappa shape index (κ1) is 14.4. The fourth-order valence-electron chi connectivity index (χ4n) is 2.93. The van der Waals surface area contributed by atoms with Crippen molar-refractivity contribution in [1.82, 2.24) is 9.55 Å². The molecule has 1 N–H and O–H groups in total. The smallest absolute Gasteiger partial charge is 0.361 e. The van der Waals surface area contributed by atoms with Gasteiger partial charge in [-0.2, -0.15) is 0 Å². The minimum atomic E-state index is -1.56. The third kappa shape index (κ3) is 2.31. The average molecular weight is 299 g/mol. The number of ether oxygens (including phenoxy) is 3. The summed E-state index contributed by atoms with van der Waals surface area (Å²) in [6.07, 6.45) is 0.472. The lowest BCUT2D eigenvalue weighted by molar-refractivity contribution is -0.389. The van der Waals surface area contributed by atoms with Crippen molar-refractivity contribution in [1.29, 1.82) is 0 Å². The number of nitrogens with zero attached hydrogens (tertiary/aromatic N) is 3. The lowest BCUT2D eigenvalue weighted by atomic mass is 9.98. The van der Waals surface area contributed by atoms with Crippen molar-refractivity contribution >= 4 is 5.82 Å². The van der Waals surface area contributed by atoms with E-state index in [4.69, 9.17) is 14.2 Å². The van der Waals surface area contributed by atoms with Crippen molar-refractivity contribution in [3.63, 3.8) is 0 Å². The quantitative estimate of drug-likeness (QED) is 0.490. The Hall–Kier alpha value is -1.55. The summed E-state index contributed by atoms with van der Waals surface area (Å²) in [7, 11) is 0. The molecule has 0 aliphatic carbocycles. The first-order valence-electron chi connectivity index (χ1n) is 6.78. The van der Waals surface area contributed by atoms with E-state index in [1.54, 1.807) is 18.4 Å². The van der Waals surface area contributed by atoms with Crippen molar-refractivity contribution in [3.05, 3.63) is 22.1 Å². The molecule has 0 aromatic carbocycles. The number of aliphatic hydroxyl groups is 1. The van der Waals surface area contributed by atoms with E-state index in [-0.39, 0.29) is 24.4 Å². The molecule has 9 heteroatoms. The molecule has 1 aromatic heterocycles. The van der Waals surface area contributed by atoms with Crippen LogP contribution in [0.1, 0.15) is 25.2 Å². The second-order valence-electron chi connectivity index (χ2n) is 5.20. The van der Waals surface area contributed by atoms with Gasteiger partial charge in [0.15, 0.2) is 0 Å². The largest absolute Gasteiger partial charge is 0.381 e. The summed E-state index contributed by atoms with van der Waals surface area (Å²) in [5, 5.41) is 21.4. The highest BCUT2D eigenvalue weighted by Crippen LogP contribution is 2.42. The van der Waals surface area contributed by atoms with Gasteiger partial charge in [-0.1, -0.05) is 0 Å². The Morgan fingerprint density at radius 2 is 2.48 bits per heavy atom. The molecule has 21 heavy (non-hydrogen) atoms. The number of hydrogen-bond donors (Lipinski definition) is 1. The van der Waals surface area contributed by atoms with Crippen molar-refractivity contribution in [2.75, 3.05) is 13.2 Å². The molecule has 2 aliphatic rings. The number of hydrogen-bond acceptors (Lipinski definition) is 7. The zero-order valence-electron chi connectivity index (χ0n) is 11.8. The van der Waals surface area contributed by atoms with Crippen LogP contribution in [0.2, 0.25) is 0 Å². The zero-order valence-corrected chi connectivity index (χ0v) is 11.8. The van der Waals surface area contributed by atoms with Gasteiger partial charge in [-0.05, 0) is 16.8 Å². The Morgan fingerprint density at radius 1 is 1.71 bits per heavy atom. The topological polar surface area (TPSA) is 109 Å². The predicted molar refractivity (Wildman–Crippen MR) is 68.5 cm³/mol. The van der Waals surface area contributed by atoms with Crippen LogP contribution < -0.4 is 0 Å². The van der Waals surface area contributed by atoms with Crippen LogP contribution in [-0.2, 0) is 14.2 Å². The Morgan fingerprint density at radius 3 is 3.10 bits per heavy atom. The number of rotatable bonds is 4. The fourth-order valence-corrected chi connectivity index (χ4v) is 2.93. The van der Waals surface area contributed by atoms with Crippen LogP contribution in [0.3, 0.4) is 0 Å². The van der Waals surface area contributed by atoms with Crippen LogP contribution in [0.15, 0.2) is 6.20 Å². The third-order valence-corrected chi connectivity index (χ3v) is 3.85. The molecule has 2 bridgehead atoms. The molecule has 9 nitrogen and oxygen atoms in total. The number of aromatic nitrogens is 2. The molecule has 0 radical (unpaired) electrons. The highest BCUT2D eigenvalue weighted by atomic mass is 16.8. The molecule has 0 spiro atoms. The number of aryl methyl sites for hydroxylation is 1. The molecule has 116 valence electrons. The van der Waals surface area contributed by atoms with Crippen LogP contribution in [0.5, 0.6) is 0 Å². The van der Waals surface area contributed by atoms with E-state index in [1.165, 1.54) is 6.20 Å². The number of nitro groups is 1. The second-order valence-corrected chi connectivity index (χ2v) is 5.20. The Kier molecular flexibility index (Phi) is 3.44. The maximum absolute atomic E-state index is 10.8. The van der Waals surface area contributed by atoms with Gasteiger partial charge in [0, 0.05) is 20.0 Å². The zero-order chi connectivity index (χ0) is 15.2. The van der Waals surface area contributed by atoms with Gasteiger partial charge in [-0.3, -0.25) is 0 Å². The predicted octanol–water partition coefficient (Wildman–Crippen LogP) is 0.511. The molecule has 0 saturated carbocycles. The molecule has 0 amide bonds. The average Bonchev–Trinajstić information content (AvgIpc) is 3.01. The Balaban J connectivity index is 1.92.